The van der Waals surface area contributed by atoms with Crippen molar-refractivity contribution in [2.24, 2.45) is 0 Å². The largest absolute Gasteiger partial charge is 2.00 e. The third-order valence-electron chi connectivity index (χ3n) is 0. The van der Waals surface area contributed by atoms with Crippen LogP contribution in [0.3, 0.4) is 0 Å². The Balaban J connectivity index is 0. The van der Waals surface area contributed by atoms with E-state index in [1.165, 1.54) is 0 Å². The second-order valence-corrected chi connectivity index (χ2v) is 0. The molecule has 0 heterocycles. The van der Waals surface area contributed by atoms with E-state index in [2.05, 4.69) is 0 Å². The molecule has 0 saturated heterocycles. The van der Waals surface area contributed by atoms with Crippen LogP contribution in [0.15, 0.2) is 0 Å². The van der Waals surface area contributed by atoms with Gasteiger partial charge in [0.15, 0.2) is 0 Å². The van der Waals surface area contributed by atoms with Crippen LogP contribution in [0.25, 0.3) is 0 Å². The third kappa shape index (κ3) is 35.3. The Morgan fingerprint density at radius 1 is 0.333 bits per heavy atom. The van der Waals surface area contributed by atoms with Crippen LogP contribution in [0.2, 0.25) is 0 Å². The van der Waals surface area contributed by atoms with Gasteiger partial charge in [-0.1, -0.05) is 0 Å². The fourth-order valence-electron chi connectivity index (χ4n) is 0. The molecule has 0 nitrogen and oxygen atoms in total. The minimum absolute atomic E-state index is 0. The SMILES string of the molecule is [Cl-].[Cl-].[Cl-].[Cl-].[Ni+2].[Ni+2]. The first kappa shape index (κ1) is 90.3. The molecule has 0 aromatic carbocycles. The predicted molar refractivity (Wildman–Crippen MR) is 0 cm³/mol. The van der Waals surface area contributed by atoms with Gasteiger partial charge in [-0.05, 0) is 0 Å². The van der Waals surface area contributed by atoms with Crippen LogP contribution in [-0.4, -0.2) is 0 Å². The summed E-state index contributed by atoms with van der Waals surface area (Å²) in [6, 6.07) is 0. The molecule has 6 heteroatoms. The number of hydrogen-bond acceptors (Lipinski definition) is 0. The van der Waals surface area contributed by atoms with Crippen molar-refractivity contribution in [1.82, 2.24) is 0 Å². The van der Waals surface area contributed by atoms with Gasteiger partial charge in [-0.2, -0.15) is 0 Å². The minimum Gasteiger partial charge on any atom is -1.00 e. The fourth-order valence-corrected chi connectivity index (χ4v) is 0. The second kappa shape index (κ2) is 58.6. The van der Waals surface area contributed by atoms with Gasteiger partial charge in [-0.25, -0.2) is 0 Å². The first-order chi connectivity index (χ1) is 0. The summed E-state index contributed by atoms with van der Waals surface area (Å²) in [5.74, 6) is 0. The smallest absolute Gasteiger partial charge is 1.00 e. The van der Waals surface area contributed by atoms with Crippen LogP contribution >= 0.6 is 0 Å². The van der Waals surface area contributed by atoms with Crippen LogP contribution < -0.4 is 49.6 Å². The van der Waals surface area contributed by atoms with Crippen LogP contribution in [-0.2, 0) is 33.0 Å². The van der Waals surface area contributed by atoms with Crippen molar-refractivity contribution in [2.75, 3.05) is 0 Å². The summed E-state index contributed by atoms with van der Waals surface area (Å²) < 4.78 is 0. The predicted octanol–water partition coefficient (Wildman–Crippen LogP) is -12.0. The van der Waals surface area contributed by atoms with Gasteiger partial charge in [0.05, 0.1) is 0 Å². The zero-order valence-corrected chi connectivity index (χ0v) is 7.14. The molecule has 0 unspecified atom stereocenters. The summed E-state index contributed by atoms with van der Waals surface area (Å²) in [6.45, 7) is 0. The van der Waals surface area contributed by atoms with Gasteiger partial charge in [-0.15, -0.1) is 0 Å². The molecule has 6 heavy (non-hydrogen) atoms. The summed E-state index contributed by atoms with van der Waals surface area (Å²) in [7, 11) is 0. The Labute approximate surface area is 82.1 Å². The van der Waals surface area contributed by atoms with Crippen molar-refractivity contribution in [2.45, 2.75) is 0 Å². The average Bonchev–Trinajstić information content (AvgIpc) is 0. The van der Waals surface area contributed by atoms with Gasteiger partial charge in [0, 0.05) is 0 Å². The van der Waals surface area contributed by atoms with Crippen LogP contribution in [0, 0.1) is 0 Å². The van der Waals surface area contributed by atoms with Crippen molar-refractivity contribution in [1.29, 1.82) is 0 Å². The number of halogens is 4. The second-order valence-electron chi connectivity index (χ2n) is 0. The van der Waals surface area contributed by atoms with Crippen LogP contribution in [0.1, 0.15) is 0 Å². The van der Waals surface area contributed by atoms with Crippen molar-refractivity contribution < 1.29 is 82.6 Å². The van der Waals surface area contributed by atoms with Crippen molar-refractivity contribution in [3.8, 4) is 0 Å². The maximum Gasteiger partial charge on any atom is 2.00 e. The molecular formula is Cl4Ni2. The molecule has 0 N–H and O–H groups in total. The van der Waals surface area contributed by atoms with E-state index in [4.69, 9.17) is 0 Å². The molecule has 0 atom stereocenters. The molecule has 0 fully saturated rings. The zero-order chi connectivity index (χ0) is 0. The van der Waals surface area contributed by atoms with Gasteiger partial charge in [0.1, 0.15) is 0 Å². The van der Waals surface area contributed by atoms with E-state index in [-0.39, 0.29) is 82.6 Å². The molecule has 0 aliphatic heterocycles. The topological polar surface area (TPSA) is 0 Å². The van der Waals surface area contributed by atoms with Gasteiger partial charge in [0.25, 0.3) is 0 Å². The average molecular weight is 259 g/mol. The Morgan fingerprint density at radius 3 is 0.333 bits per heavy atom. The van der Waals surface area contributed by atoms with Gasteiger partial charge < -0.3 is 49.6 Å². The van der Waals surface area contributed by atoms with Crippen LogP contribution in [0.5, 0.6) is 0 Å². The van der Waals surface area contributed by atoms with E-state index < -0.39 is 0 Å². The Morgan fingerprint density at radius 2 is 0.333 bits per heavy atom. The van der Waals surface area contributed by atoms with Gasteiger partial charge >= 0.3 is 33.0 Å². The van der Waals surface area contributed by atoms with Crippen molar-refractivity contribution in [3.63, 3.8) is 0 Å². The molecule has 0 aromatic heterocycles. The number of rotatable bonds is 0. The quantitative estimate of drug-likeness (QED) is 0.379. The number of hydrogen-bond donors (Lipinski definition) is 0. The molecule has 0 aromatic rings. The van der Waals surface area contributed by atoms with E-state index >= 15 is 0 Å². The van der Waals surface area contributed by atoms with Crippen molar-refractivity contribution in [3.05, 3.63) is 0 Å². The molecule has 0 rings (SSSR count). The molecule has 0 bridgehead atoms. The van der Waals surface area contributed by atoms with E-state index in [9.17, 15) is 0 Å². The molecular weight excluding hydrogens is 259 g/mol. The summed E-state index contributed by atoms with van der Waals surface area (Å²) in [6.07, 6.45) is 0. The Kier molecular flexibility index (Phi) is 881. The van der Waals surface area contributed by atoms with Gasteiger partial charge in [0.2, 0.25) is 0 Å². The Bertz CT molecular complexity index is 5.51. The zero-order valence-electron chi connectivity index (χ0n) is 2.14. The fraction of sp³-hybridized carbons (Fsp3) is 0. The van der Waals surface area contributed by atoms with E-state index in [0.717, 1.165) is 0 Å². The van der Waals surface area contributed by atoms with Gasteiger partial charge in [-0.3, -0.25) is 0 Å². The standard InChI is InChI=1S/4ClH.2Ni/h4*1H;;/q;;;;2*+2/p-4. The molecule has 0 aliphatic rings. The van der Waals surface area contributed by atoms with Crippen LogP contribution in [0.4, 0.5) is 0 Å². The summed E-state index contributed by atoms with van der Waals surface area (Å²) in [5, 5.41) is 0. The Hall–Kier alpha value is 2.15. The summed E-state index contributed by atoms with van der Waals surface area (Å²) in [5.41, 5.74) is 0. The summed E-state index contributed by atoms with van der Waals surface area (Å²) >= 11 is 0. The molecule has 0 spiro atoms. The molecule has 0 aliphatic carbocycles. The van der Waals surface area contributed by atoms with E-state index in [0.29, 0.717) is 0 Å². The first-order valence-electron chi connectivity index (χ1n) is 0. The first-order valence-corrected chi connectivity index (χ1v) is 0. The molecule has 48 valence electrons. The monoisotopic (exact) mass is 256 g/mol. The molecule has 0 amide bonds. The van der Waals surface area contributed by atoms with Crippen molar-refractivity contribution >= 4 is 0 Å². The normalized spacial score (nSPS) is 0. The molecule has 0 saturated carbocycles. The van der Waals surface area contributed by atoms with E-state index in [1.807, 2.05) is 0 Å². The maximum absolute atomic E-state index is 0. The van der Waals surface area contributed by atoms with E-state index in [1.54, 1.807) is 0 Å². The molecule has 0 radical (unpaired) electrons. The minimum atomic E-state index is 0. The summed E-state index contributed by atoms with van der Waals surface area (Å²) in [4.78, 5) is 0. The maximum atomic E-state index is 0. The third-order valence-corrected chi connectivity index (χ3v) is 0.